The highest BCUT2D eigenvalue weighted by Crippen LogP contribution is 2.28. The Morgan fingerprint density at radius 2 is 1.88 bits per heavy atom. The molecule has 1 aliphatic heterocycles. The third kappa shape index (κ3) is 4.48. The van der Waals surface area contributed by atoms with Gasteiger partial charge in [-0.25, -0.2) is 14.8 Å². The number of anilines is 1. The molecule has 0 unspecified atom stereocenters. The Labute approximate surface area is 138 Å². The SMILES string of the molecule is C[C@H]1CN(C(=O)OC(C)(C)C)CCN1c1cnc(C(F)(F)F)cn1. The Morgan fingerprint density at radius 1 is 1.21 bits per heavy atom. The first-order chi connectivity index (χ1) is 11.0. The minimum Gasteiger partial charge on any atom is -0.444 e. The molecule has 2 rings (SSSR count). The number of carbonyl (C=O) groups is 1. The largest absolute Gasteiger partial charge is 0.444 e. The van der Waals surface area contributed by atoms with E-state index in [-0.39, 0.29) is 6.04 Å². The smallest absolute Gasteiger partial charge is 0.434 e. The lowest BCUT2D eigenvalue weighted by Gasteiger charge is -2.40. The summed E-state index contributed by atoms with van der Waals surface area (Å²) in [7, 11) is 0. The van der Waals surface area contributed by atoms with Crippen LogP contribution in [0.15, 0.2) is 12.4 Å². The van der Waals surface area contributed by atoms with Crippen molar-refractivity contribution in [2.45, 2.75) is 45.5 Å². The minimum absolute atomic E-state index is 0.114. The molecule has 0 spiro atoms. The molecule has 1 aromatic rings. The molecule has 0 aliphatic carbocycles. The molecule has 2 heterocycles. The molecule has 1 aliphatic rings. The van der Waals surface area contributed by atoms with Crippen LogP contribution in [0.5, 0.6) is 0 Å². The maximum atomic E-state index is 12.5. The van der Waals surface area contributed by atoms with Crippen molar-refractivity contribution in [3.63, 3.8) is 0 Å². The lowest BCUT2D eigenvalue weighted by atomic mass is 10.2. The van der Waals surface area contributed by atoms with Gasteiger partial charge < -0.3 is 14.5 Å². The number of halogens is 3. The van der Waals surface area contributed by atoms with Crippen molar-refractivity contribution in [2.75, 3.05) is 24.5 Å². The third-order valence-corrected chi connectivity index (χ3v) is 3.50. The molecule has 9 heteroatoms. The zero-order chi connectivity index (χ0) is 18.1. The van der Waals surface area contributed by atoms with Gasteiger partial charge in [0.1, 0.15) is 11.4 Å². The topological polar surface area (TPSA) is 58.6 Å². The summed E-state index contributed by atoms with van der Waals surface area (Å²) in [6.45, 7) is 8.50. The van der Waals surface area contributed by atoms with Crippen molar-refractivity contribution in [3.8, 4) is 0 Å². The van der Waals surface area contributed by atoms with E-state index < -0.39 is 23.6 Å². The monoisotopic (exact) mass is 346 g/mol. The van der Waals surface area contributed by atoms with Crippen LogP contribution < -0.4 is 4.90 Å². The maximum absolute atomic E-state index is 12.5. The van der Waals surface area contributed by atoms with Gasteiger partial charge in [-0.3, -0.25) is 0 Å². The Morgan fingerprint density at radius 3 is 2.33 bits per heavy atom. The molecule has 0 radical (unpaired) electrons. The molecule has 134 valence electrons. The molecule has 6 nitrogen and oxygen atoms in total. The summed E-state index contributed by atoms with van der Waals surface area (Å²) in [6, 6.07) is -0.114. The molecule has 1 amide bonds. The molecular formula is C15H21F3N4O2. The van der Waals surface area contributed by atoms with E-state index in [9.17, 15) is 18.0 Å². The van der Waals surface area contributed by atoms with E-state index in [0.717, 1.165) is 12.4 Å². The fourth-order valence-corrected chi connectivity index (χ4v) is 2.41. The minimum atomic E-state index is -4.51. The number of hydrogen-bond donors (Lipinski definition) is 0. The van der Waals surface area contributed by atoms with Gasteiger partial charge in [0.25, 0.3) is 0 Å². The fraction of sp³-hybridized carbons (Fsp3) is 0.667. The average molecular weight is 346 g/mol. The summed E-state index contributed by atoms with van der Waals surface area (Å²) in [4.78, 5) is 22.8. The number of nitrogens with zero attached hydrogens (tertiary/aromatic N) is 4. The van der Waals surface area contributed by atoms with E-state index in [0.29, 0.717) is 25.5 Å². The van der Waals surface area contributed by atoms with E-state index in [1.54, 1.807) is 25.7 Å². The standard InChI is InChI=1S/C15H21F3N4O2/c1-10-9-21(13(23)24-14(2,3)4)5-6-22(10)12-8-19-11(7-20-12)15(16,17)18/h7-8,10H,5-6,9H2,1-4H3/t10-/m0/s1. The number of ether oxygens (including phenoxy) is 1. The highest BCUT2D eigenvalue weighted by Gasteiger charge is 2.34. The van der Waals surface area contributed by atoms with Crippen molar-refractivity contribution in [1.29, 1.82) is 0 Å². The molecule has 1 fully saturated rings. The highest BCUT2D eigenvalue weighted by molar-refractivity contribution is 5.68. The van der Waals surface area contributed by atoms with Gasteiger partial charge in [0, 0.05) is 25.7 Å². The first-order valence-electron chi connectivity index (χ1n) is 7.61. The van der Waals surface area contributed by atoms with Crippen molar-refractivity contribution >= 4 is 11.9 Å². The summed E-state index contributed by atoms with van der Waals surface area (Å²) in [5.41, 5.74) is -1.60. The van der Waals surface area contributed by atoms with Gasteiger partial charge >= 0.3 is 12.3 Å². The Hall–Kier alpha value is -2.06. The fourth-order valence-electron chi connectivity index (χ4n) is 2.41. The van der Waals surface area contributed by atoms with Crippen LogP contribution >= 0.6 is 0 Å². The van der Waals surface area contributed by atoms with Gasteiger partial charge in [-0.15, -0.1) is 0 Å². The van der Waals surface area contributed by atoms with Crippen LogP contribution in [-0.2, 0) is 10.9 Å². The summed E-state index contributed by atoms with van der Waals surface area (Å²) >= 11 is 0. The Balaban J connectivity index is 2.02. The zero-order valence-corrected chi connectivity index (χ0v) is 14.1. The number of hydrogen-bond acceptors (Lipinski definition) is 5. The van der Waals surface area contributed by atoms with Gasteiger partial charge in [0.15, 0.2) is 5.69 Å². The second-order valence-electron chi connectivity index (χ2n) is 6.73. The van der Waals surface area contributed by atoms with Crippen LogP contribution in [0.2, 0.25) is 0 Å². The summed E-state index contributed by atoms with van der Waals surface area (Å²) in [5.74, 6) is 0.360. The second kappa shape index (κ2) is 6.45. The van der Waals surface area contributed by atoms with Crippen molar-refractivity contribution in [3.05, 3.63) is 18.1 Å². The zero-order valence-electron chi connectivity index (χ0n) is 14.1. The van der Waals surface area contributed by atoms with Crippen molar-refractivity contribution in [1.82, 2.24) is 14.9 Å². The van der Waals surface area contributed by atoms with Gasteiger partial charge in [0.05, 0.1) is 12.4 Å². The number of aromatic nitrogens is 2. The number of piperazine rings is 1. The first kappa shape index (κ1) is 18.3. The normalized spacial score (nSPS) is 19.4. The van der Waals surface area contributed by atoms with Crippen molar-refractivity contribution in [2.24, 2.45) is 0 Å². The van der Waals surface area contributed by atoms with Gasteiger partial charge in [0.2, 0.25) is 0 Å². The Kier molecular flexibility index (Phi) is 4.91. The molecule has 1 atom stereocenters. The Bertz CT molecular complexity index is 584. The average Bonchev–Trinajstić information content (AvgIpc) is 2.44. The molecule has 1 saturated heterocycles. The van der Waals surface area contributed by atoms with E-state index in [4.69, 9.17) is 4.74 Å². The van der Waals surface area contributed by atoms with Gasteiger partial charge in [-0.05, 0) is 27.7 Å². The second-order valence-corrected chi connectivity index (χ2v) is 6.73. The van der Waals surface area contributed by atoms with Crippen molar-refractivity contribution < 1.29 is 22.7 Å². The van der Waals surface area contributed by atoms with E-state index >= 15 is 0 Å². The lowest BCUT2D eigenvalue weighted by molar-refractivity contribution is -0.141. The van der Waals surface area contributed by atoms with Crippen LogP contribution in [-0.4, -0.2) is 52.2 Å². The van der Waals surface area contributed by atoms with Crippen LogP contribution in [0.25, 0.3) is 0 Å². The number of alkyl halides is 3. The predicted molar refractivity (Wildman–Crippen MR) is 81.6 cm³/mol. The van der Waals surface area contributed by atoms with Crippen LogP contribution in [0.1, 0.15) is 33.4 Å². The summed E-state index contributed by atoms with van der Waals surface area (Å²) in [6.07, 6.45) is -3.07. The molecule has 0 N–H and O–H groups in total. The molecule has 24 heavy (non-hydrogen) atoms. The molecule has 0 saturated carbocycles. The van der Waals surface area contributed by atoms with Crippen LogP contribution in [0, 0.1) is 0 Å². The first-order valence-corrected chi connectivity index (χ1v) is 7.61. The van der Waals surface area contributed by atoms with E-state index in [1.165, 1.54) is 0 Å². The van der Waals surface area contributed by atoms with Gasteiger partial charge in [-0.2, -0.15) is 13.2 Å². The van der Waals surface area contributed by atoms with Crippen LogP contribution in [0.3, 0.4) is 0 Å². The quantitative estimate of drug-likeness (QED) is 0.782. The lowest BCUT2D eigenvalue weighted by Crippen LogP contribution is -2.54. The van der Waals surface area contributed by atoms with Crippen LogP contribution in [0.4, 0.5) is 23.8 Å². The van der Waals surface area contributed by atoms with E-state index in [2.05, 4.69) is 9.97 Å². The predicted octanol–water partition coefficient (Wildman–Crippen LogP) is 2.94. The molecule has 0 bridgehead atoms. The maximum Gasteiger partial charge on any atom is 0.434 e. The molecular weight excluding hydrogens is 325 g/mol. The van der Waals surface area contributed by atoms with Gasteiger partial charge in [-0.1, -0.05) is 0 Å². The van der Waals surface area contributed by atoms with E-state index in [1.807, 2.05) is 11.8 Å². The molecule has 1 aromatic heterocycles. The number of amides is 1. The molecule has 0 aromatic carbocycles. The summed E-state index contributed by atoms with van der Waals surface area (Å²) < 4.78 is 43.0. The highest BCUT2D eigenvalue weighted by atomic mass is 19.4. The number of rotatable bonds is 1. The number of carbonyl (C=O) groups excluding carboxylic acids is 1. The third-order valence-electron chi connectivity index (χ3n) is 3.50. The summed E-state index contributed by atoms with van der Waals surface area (Å²) in [5, 5.41) is 0.